The van der Waals surface area contributed by atoms with E-state index in [1.54, 1.807) is 49.0 Å². The number of hydrogen-bond acceptors (Lipinski definition) is 5. The summed E-state index contributed by atoms with van der Waals surface area (Å²) in [6.45, 7) is -0.0960. The van der Waals surface area contributed by atoms with Crippen molar-refractivity contribution in [1.29, 1.82) is 0 Å². The predicted molar refractivity (Wildman–Crippen MR) is 95.6 cm³/mol. The SMILES string of the molecule is O=C(CN1C(=O)c2ccccc2C1=O)NCc1cncc(-c2ccco2)c1. The summed E-state index contributed by atoms with van der Waals surface area (Å²) < 4.78 is 5.33. The highest BCUT2D eigenvalue weighted by Crippen LogP contribution is 2.22. The Hall–Kier alpha value is -3.74. The minimum absolute atomic E-state index is 0.226. The minimum atomic E-state index is -0.452. The van der Waals surface area contributed by atoms with Crippen molar-refractivity contribution < 1.29 is 18.8 Å². The standard InChI is InChI=1S/C20H15N3O4/c24-18(12-23-19(25)15-4-1-2-5-16(15)20(23)26)22-10-13-8-14(11-21-9-13)17-6-3-7-27-17/h1-9,11H,10,12H2,(H,22,24). The third kappa shape index (κ3) is 3.22. The molecule has 0 spiro atoms. The summed E-state index contributed by atoms with van der Waals surface area (Å²) in [4.78, 5) is 41.9. The molecule has 1 aromatic carbocycles. The van der Waals surface area contributed by atoms with Crippen molar-refractivity contribution in [2.75, 3.05) is 6.54 Å². The van der Waals surface area contributed by atoms with Gasteiger partial charge in [0.05, 0.1) is 17.4 Å². The van der Waals surface area contributed by atoms with Crippen molar-refractivity contribution in [1.82, 2.24) is 15.2 Å². The number of nitrogens with zero attached hydrogens (tertiary/aromatic N) is 2. The second kappa shape index (κ2) is 6.87. The molecule has 134 valence electrons. The average Bonchev–Trinajstić information content (AvgIpc) is 3.31. The second-order valence-corrected chi connectivity index (χ2v) is 6.08. The van der Waals surface area contributed by atoms with Crippen molar-refractivity contribution in [3.8, 4) is 11.3 Å². The van der Waals surface area contributed by atoms with E-state index in [-0.39, 0.29) is 13.1 Å². The van der Waals surface area contributed by atoms with Gasteiger partial charge in [-0.2, -0.15) is 0 Å². The van der Waals surface area contributed by atoms with Gasteiger partial charge in [-0.25, -0.2) is 0 Å². The van der Waals surface area contributed by atoms with Gasteiger partial charge in [-0.3, -0.25) is 24.3 Å². The van der Waals surface area contributed by atoms with Gasteiger partial charge in [0.25, 0.3) is 11.8 Å². The van der Waals surface area contributed by atoms with Gasteiger partial charge in [-0.05, 0) is 35.9 Å². The first-order chi connectivity index (χ1) is 13.1. The lowest BCUT2D eigenvalue weighted by atomic mass is 10.1. The molecule has 0 bridgehead atoms. The van der Waals surface area contributed by atoms with Crippen LogP contribution in [0.15, 0.2) is 65.5 Å². The number of pyridine rings is 1. The minimum Gasteiger partial charge on any atom is -0.464 e. The van der Waals surface area contributed by atoms with E-state index in [9.17, 15) is 14.4 Å². The molecule has 0 aliphatic carbocycles. The van der Waals surface area contributed by atoms with Gasteiger partial charge in [0.1, 0.15) is 12.3 Å². The normalized spacial score (nSPS) is 13.0. The Balaban J connectivity index is 1.39. The molecule has 7 heteroatoms. The molecule has 3 heterocycles. The van der Waals surface area contributed by atoms with E-state index in [4.69, 9.17) is 4.42 Å². The predicted octanol–water partition coefficient (Wildman–Crippen LogP) is 2.25. The third-order valence-electron chi connectivity index (χ3n) is 4.27. The fourth-order valence-corrected chi connectivity index (χ4v) is 2.94. The molecule has 27 heavy (non-hydrogen) atoms. The molecule has 0 saturated heterocycles. The van der Waals surface area contributed by atoms with Crippen LogP contribution in [0.5, 0.6) is 0 Å². The van der Waals surface area contributed by atoms with E-state index >= 15 is 0 Å². The molecule has 1 N–H and O–H groups in total. The third-order valence-corrected chi connectivity index (χ3v) is 4.27. The number of benzene rings is 1. The number of carbonyl (C=O) groups is 3. The van der Waals surface area contributed by atoms with E-state index in [2.05, 4.69) is 10.3 Å². The van der Waals surface area contributed by atoms with Crippen LogP contribution in [0.2, 0.25) is 0 Å². The van der Waals surface area contributed by atoms with Crippen LogP contribution in [-0.4, -0.2) is 34.2 Å². The maximum atomic E-state index is 12.3. The largest absolute Gasteiger partial charge is 0.464 e. The van der Waals surface area contributed by atoms with Gasteiger partial charge >= 0.3 is 0 Å². The zero-order valence-electron chi connectivity index (χ0n) is 14.2. The molecule has 3 aromatic rings. The fraction of sp³-hybridized carbons (Fsp3) is 0.100. The summed E-state index contributed by atoms with van der Waals surface area (Å²) in [5.74, 6) is -0.644. The summed E-state index contributed by atoms with van der Waals surface area (Å²) in [6, 6.07) is 12.0. The van der Waals surface area contributed by atoms with E-state index < -0.39 is 17.7 Å². The Bertz CT molecular complexity index is 992. The van der Waals surface area contributed by atoms with Crippen LogP contribution in [0.3, 0.4) is 0 Å². The maximum Gasteiger partial charge on any atom is 0.262 e. The Kier molecular flexibility index (Phi) is 4.25. The van der Waals surface area contributed by atoms with E-state index in [0.29, 0.717) is 16.9 Å². The number of rotatable bonds is 5. The smallest absolute Gasteiger partial charge is 0.262 e. The van der Waals surface area contributed by atoms with Crippen LogP contribution in [0.4, 0.5) is 0 Å². The van der Waals surface area contributed by atoms with E-state index in [1.165, 1.54) is 0 Å². The molecular formula is C20H15N3O4. The van der Waals surface area contributed by atoms with Crippen molar-refractivity contribution in [3.05, 3.63) is 77.8 Å². The first-order valence-electron chi connectivity index (χ1n) is 8.33. The highest BCUT2D eigenvalue weighted by molar-refractivity contribution is 6.22. The number of aromatic nitrogens is 1. The lowest BCUT2D eigenvalue weighted by Crippen LogP contribution is -2.40. The number of imide groups is 1. The van der Waals surface area contributed by atoms with Crippen LogP contribution in [0.25, 0.3) is 11.3 Å². The van der Waals surface area contributed by atoms with Gasteiger partial charge in [0.2, 0.25) is 5.91 Å². The van der Waals surface area contributed by atoms with Gasteiger partial charge in [0.15, 0.2) is 0 Å². The molecule has 7 nitrogen and oxygen atoms in total. The molecule has 0 unspecified atom stereocenters. The summed E-state index contributed by atoms with van der Waals surface area (Å²) in [6.07, 6.45) is 4.88. The number of furan rings is 1. The highest BCUT2D eigenvalue weighted by Gasteiger charge is 2.36. The lowest BCUT2D eigenvalue weighted by Gasteiger charge is -2.13. The van der Waals surface area contributed by atoms with Crippen LogP contribution in [0.1, 0.15) is 26.3 Å². The van der Waals surface area contributed by atoms with Crippen molar-refractivity contribution in [3.63, 3.8) is 0 Å². The van der Waals surface area contributed by atoms with Crippen molar-refractivity contribution in [2.45, 2.75) is 6.54 Å². The number of amides is 3. The van der Waals surface area contributed by atoms with Crippen LogP contribution >= 0.6 is 0 Å². The average molecular weight is 361 g/mol. The van der Waals surface area contributed by atoms with E-state index in [0.717, 1.165) is 16.0 Å². The second-order valence-electron chi connectivity index (χ2n) is 6.08. The Labute approximate surface area is 154 Å². The van der Waals surface area contributed by atoms with Crippen LogP contribution in [-0.2, 0) is 11.3 Å². The van der Waals surface area contributed by atoms with Crippen LogP contribution in [0, 0.1) is 0 Å². The summed E-state index contributed by atoms with van der Waals surface area (Å²) >= 11 is 0. The van der Waals surface area contributed by atoms with Crippen LogP contribution < -0.4 is 5.32 Å². The topological polar surface area (TPSA) is 92.5 Å². The zero-order valence-corrected chi connectivity index (χ0v) is 14.2. The van der Waals surface area contributed by atoms with Gasteiger partial charge in [-0.1, -0.05) is 12.1 Å². The zero-order chi connectivity index (χ0) is 18.8. The quantitative estimate of drug-likeness (QED) is 0.704. The maximum absolute atomic E-state index is 12.3. The Morgan fingerprint density at radius 3 is 2.44 bits per heavy atom. The lowest BCUT2D eigenvalue weighted by molar-refractivity contribution is -0.121. The molecule has 0 saturated carbocycles. The number of fused-ring (bicyclic) bond motifs is 1. The van der Waals surface area contributed by atoms with Gasteiger partial charge in [-0.15, -0.1) is 0 Å². The highest BCUT2D eigenvalue weighted by atomic mass is 16.3. The molecule has 0 atom stereocenters. The summed E-state index contributed by atoms with van der Waals surface area (Å²) in [5.41, 5.74) is 2.23. The molecule has 0 radical (unpaired) electrons. The molecule has 2 aromatic heterocycles. The Morgan fingerprint density at radius 2 is 1.78 bits per heavy atom. The molecular weight excluding hydrogens is 346 g/mol. The molecule has 1 aliphatic heterocycles. The van der Waals surface area contributed by atoms with E-state index in [1.807, 2.05) is 12.1 Å². The van der Waals surface area contributed by atoms with Crippen molar-refractivity contribution in [2.24, 2.45) is 0 Å². The number of nitrogens with one attached hydrogen (secondary N) is 1. The van der Waals surface area contributed by atoms with Gasteiger partial charge in [0, 0.05) is 24.5 Å². The first kappa shape index (κ1) is 16.7. The Morgan fingerprint density at radius 1 is 1.04 bits per heavy atom. The fourth-order valence-electron chi connectivity index (χ4n) is 2.94. The van der Waals surface area contributed by atoms with Crippen molar-refractivity contribution >= 4 is 17.7 Å². The van der Waals surface area contributed by atoms with Gasteiger partial charge < -0.3 is 9.73 Å². The molecule has 3 amide bonds. The summed E-state index contributed by atoms with van der Waals surface area (Å²) in [7, 11) is 0. The molecule has 0 fully saturated rings. The number of hydrogen-bond donors (Lipinski definition) is 1. The first-order valence-corrected chi connectivity index (χ1v) is 8.33. The molecule has 1 aliphatic rings. The summed E-state index contributed by atoms with van der Waals surface area (Å²) in [5, 5.41) is 2.71. The molecule has 4 rings (SSSR count). The monoisotopic (exact) mass is 361 g/mol. The number of carbonyl (C=O) groups excluding carboxylic acids is 3.